The average molecular weight is 431 g/mol. The molecule has 0 spiro atoms. The number of furan rings is 1. The molecule has 0 bridgehead atoms. The molecule has 0 radical (unpaired) electrons. The lowest BCUT2D eigenvalue weighted by molar-refractivity contribution is -0.132. The summed E-state index contributed by atoms with van der Waals surface area (Å²) in [5.74, 6) is -0.252. The van der Waals surface area contributed by atoms with Crippen LogP contribution in [-0.4, -0.2) is 55.8 Å². The zero-order valence-electron chi connectivity index (χ0n) is 16.3. The van der Waals surface area contributed by atoms with E-state index in [1.165, 1.54) is 17.9 Å². The van der Waals surface area contributed by atoms with Crippen molar-refractivity contribution in [2.24, 2.45) is 0 Å². The maximum Gasteiger partial charge on any atom is 0.287 e. The third kappa shape index (κ3) is 5.18. The number of para-hydroxylation sites is 1. The monoisotopic (exact) mass is 431 g/mol. The Balaban J connectivity index is 1.54. The molecule has 1 N–H and O–H groups in total. The number of ether oxygens (including phenoxy) is 1. The van der Waals surface area contributed by atoms with Gasteiger partial charge in [0.1, 0.15) is 30.2 Å². The van der Waals surface area contributed by atoms with Crippen LogP contribution in [0.5, 0.6) is 5.75 Å². The smallest absolute Gasteiger partial charge is 0.287 e. The molecule has 1 aromatic carbocycles. The van der Waals surface area contributed by atoms with Crippen molar-refractivity contribution in [3.05, 3.63) is 53.5 Å². The molecule has 2 amide bonds. The van der Waals surface area contributed by atoms with Gasteiger partial charge in [-0.1, -0.05) is 12.1 Å². The lowest BCUT2D eigenvalue weighted by Gasteiger charge is -2.29. The molecule has 3 rings (SSSR count). The van der Waals surface area contributed by atoms with E-state index >= 15 is 0 Å². The van der Waals surface area contributed by atoms with Crippen molar-refractivity contribution >= 4 is 21.7 Å². The van der Waals surface area contributed by atoms with E-state index in [-0.39, 0.29) is 42.9 Å². The fourth-order valence-corrected chi connectivity index (χ4v) is 4.15. The van der Waals surface area contributed by atoms with Crippen molar-refractivity contribution in [2.45, 2.75) is 19.6 Å². The third-order valence-electron chi connectivity index (χ3n) is 4.64. The highest BCUT2D eigenvalue weighted by molar-refractivity contribution is 7.91. The predicted molar refractivity (Wildman–Crippen MR) is 106 cm³/mol. The standard InChI is InChI=1S/C20H21N3O6S/c1-14(20(25)23-8-10-30(26,27)11-9-23)22-19(24)18-7-6-16(29-18)13-28-17-5-3-2-4-15(17)12-21/h2-7,14H,8-11,13H2,1H3,(H,22,24). The summed E-state index contributed by atoms with van der Waals surface area (Å²) in [4.78, 5) is 26.2. The predicted octanol–water partition coefficient (Wildman–Crippen LogP) is 1.11. The number of carbonyl (C=O) groups excluding carboxylic acids is 2. The molecular formula is C20H21N3O6S. The van der Waals surface area contributed by atoms with Gasteiger partial charge in [0.15, 0.2) is 15.6 Å². The molecule has 2 aromatic rings. The van der Waals surface area contributed by atoms with E-state index < -0.39 is 21.8 Å². The van der Waals surface area contributed by atoms with Gasteiger partial charge in [-0.3, -0.25) is 9.59 Å². The number of sulfone groups is 1. The molecule has 1 aromatic heterocycles. The Kier molecular flexibility index (Phi) is 6.42. The van der Waals surface area contributed by atoms with Crippen molar-refractivity contribution in [1.29, 1.82) is 5.26 Å². The number of nitrogens with one attached hydrogen (secondary N) is 1. The summed E-state index contributed by atoms with van der Waals surface area (Å²) in [6.07, 6.45) is 0. The molecule has 1 aliphatic rings. The summed E-state index contributed by atoms with van der Waals surface area (Å²) in [5, 5.41) is 11.6. The molecule has 1 unspecified atom stereocenters. The van der Waals surface area contributed by atoms with Crippen LogP contribution in [0.25, 0.3) is 0 Å². The summed E-state index contributed by atoms with van der Waals surface area (Å²) in [6.45, 7) is 1.80. The molecular weight excluding hydrogens is 410 g/mol. The van der Waals surface area contributed by atoms with Crippen LogP contribution in [0, 0.1) is 11.3 Å². The first-order chi connectivity index (χ1) is 14.3. The van der Waals surface area contributed by atoms with E-state index in [1.54, 1.807) is 30.3 Å². The van der Waals surface area contributed by atoms with Gasteiger partial charge >= 0.3 is 0 Å². The summed E-state index contributed by atoms with van der Waals surface area (Å²) in [7, 11) is -3.09. The van der Waals surface area contributed by atoms with Crippen molar-refractivity contribution in [1.82, 2.24) is 10.2 Å². The van der Waals surface area contributed by atoms with Crippen molar-refractivity contribution in [3.63, 3.8) is 0 Å². The van der Waals surface area contributed by atoms with Crippen LogP contribution in [0.2, 0.25) is 0 Å². The second-order valence-electron chi connectivity index (χ2n) is 6.83. The molecule has 0 saturated carbocycles. The van der Waals surface area contributed by atoms with Gasteiger partial charge in [-0.15, -0.1) is 0 Å². The molecule has 9 nitrogen and oxygen atoms in total. The molecule has 1 aliphatic heterocycles. The van der Waals surface area contributed by atoms with E-state index in [0.29, 0.717) is 17.1 Å². The van der Waals surface area contributed by atoms with Gasteiger partial charge in [-0.05, 0) is 31.2 Å². The average Bonchev–Trinajstić information content (AvgIpc) is 3.21. The van der Waals surface area contributed by atoms with Crippen LogP contribution in [0.1, 0.15) is 28.8 Å². The van der Waals surface area contributed by atoms with Gasteiger partial charge in [0, 0.05) is 13.1 Å². The topological polar surface area (TPSA) is 130 Å². The van der Waals surface area contributed by atoms with Crippen molar-refractivity contribution in [2.75, 3.05) is 24.6 Å². The van der Waals surface area contributed by atoms with Gasteiger partial charge in [-0.2, -0.15) is 5.26 Å². The third-order valence-corrected chi connectivity index (χ3v) is 6.25. The Bertz CT molecular complexity index is 1070. The first kappa shape index (κ1) is 21.4. The van der Waals surface area contributed by atoms with Crippen LogP contribution < -0.4 is 10.1 Å². The van der Waals surface area contributed by atoms with Gasteiger partial charge in [-0.25, -0.2) is 8.42 Å². The lowest BCUT2D eigenvalue weighted by Crippen LogP contribution is -2.51. The van der Waals surface area contributed by atoms with E-state index in [0.717, 1.165) is 0 Å². The second-order valence-corrected chi connectivity index (χ2v) is 9.14. The molecule has 0 aliphatic carbocycles. The Labute approximate surface area is 174 Å². The maximum absolute atomic E-state index is 12.4. The Morgan fingerprint density at radius 1 is 1.23 bits per heavy atom. The van der Waals surface area contributed by atoms with Gasteiger partial charge in [0.25, 0.3) is 5.91 Å². The number of amides is 2. The highest BCUT2D eigenvalue weighted by atomic mass is 32.2. The first-order valence-electron chi connectivity index (χ1n) is 9.30. The summed E-state index contributed by atoms with van der Waals surface area (Å²) >= 11 is 0. The Hall–Kier alpha value is -3.32. The fraction of sp³-hybridized carbons (Fsp3) is 0.350. The summed E-state index contributed by atoms with van der Waals surface area (Å²) in [5.41, 5.74) is 0.389. The summed E-state index contributed by atoms with van der Waals surface area (Å²) < 4.78 is 34.0. The minimum atomic E-state index is -3.09. The lowest BCUT2D eigenvalue weighted by atomic mass is 10.2. The Morgan fingerprint density at radius 2 is 1.93 bits per heavy atom. The number of nitriles is 1. The molecule has 30 heavy (non-hydrogen) atoms. The van der Waals surface area contributed by atoms with Gasteiger partial charge in [0.2, 0.25) is 5.91 Å². The van der Waals surface area contributed by atoms with Crippen LogP contribution in [0.3, 0.4) is 0 Å². The SMILES string of the molecule is CC(NC(=O)c1ccc(COc2ccccc2C#N)o1)C(=O)N1CCS(=O)(=O)CC1. The van der Waals surface area contributed by atoms with E-state index in [1.807, 2.05) is 6.07 Å². The largest absolute Gasteiger partial charge is 0.484 e. The van der Waals surface area contributed by atoms with Crippen LogP contribution in [0.4, 0.5) is 0 Å². The molecule has 2 heterocycles. The molecule has 1 atom stereocenters. The number of hydrogen-bond acceptors (Lipinski definition) is 7. The molecule has 10 heteroatoms. The van der Waals surface area contributed by atoms with Crippen molar-refractivity contribution in [3.8, 4) is 11.8 Å². The minimum Gasteiger partial charge on any atom is -0.484 e. The molecule has 158 valence electrons. The van der Waals surface area contributed by atoms with Crippen LogP contribution >= 0.6 is 0 Å². The van der Waals surface area contributed by atoms with E-state index in [2.05, 4.69) is 5.32 Å². The maximum atomic E-state index is 12.4. The fourth-order valence-electron chi connectivity index (χ4n) is 2.95. The Morgan fingerprint density at radius 3 is 2.63 bits per heavy atom. The number of carbonyl (C=O) groups is 2. The second kappa shape index (κ2) is 9.00. The summed E-state index contributed by atoms with van der Waals surface area (Å²) in [6, 6.07) is 11.0. The van der Waals surface area contributed by atoms with Gasteiger partial charge in [0.05, 0.1) is 17.1 Å². The number of nitrogens with zero attached hydrogens (tertiary/aromatic N) is 2. The normalized spacial score (nSPS) is 16.3. The quantitative estimate of drug-likeness (QED) is 0.725. The van der Waals surface area contributed by atoms with E-state index in [9.17, 15) is 18.0 Å². The highest BCUT2D eigenvalue weighted by Gasteiger charge is 2.29. The van der Waals surface area contributed by atoms with Crippen molar-refractivity contribution < 1.29 is 27.2 Å². The number of benzene rings is 1. The number of hydrogen-bond donors (Lipinski definition) is 1. The first-order valence-corrected chi connectivity index (χ1v) is 11.1. The minimum absolute atomic E-state index is 0.0167. The highest BCUT2D eigenvalue weighted by Crippen LogP contribution is 2.19. The molecule has 1 saturated heterocycles. The number of rotatable bonds is 6. The zero-order chi connectivity index (χ0) is 21.7. The van der Waals surface area contributed by atoms with Crippen LogP contribution in [-0.2, 0) is 21.2 Å². The van der Waals surface area contributed by atoms with Crippen LogP contribution in [0.15, 0.2) is 40.8 Å². The zero-order valence-corrected chi connectivity index (χ0v) is 17.1. The van der Waals surface area contributed by atoms with E-state index in [4.69, 9.17) is 14.4 Å². The van der Waals surface area contributed by atoms with Gasteiger partial charge < -0.3 is 19.4 Å². The molecule has 1 fully saturated rings.